The predicted molar refractivity (Wildman–Crippen MR) is 80.3 cm³/mol. The first kappa shape index (κ1) is 12.1. The molecule has 0 aliphatic carbocycles. The van der Waals surface area contributed by atoms with Gasteiger partial charge < -0.3 is 0 Å². The second-order valence-corrected chi connectivity index (χ2v) is 5.93. The van der Waals surface area contributed by atoms with Crippen LogP contribution < -0.4 is 0 Å². The first-order chi connectivity index (χ1) is 8.66. The summed E-state index contributed by atoms with van der Waals surface area (Å²) >= 11 is 11.4. The van der Waals surface area contributed by atoms with Crippen LogP contribution in [0.4, 0.5) is 0 Å². The second kappa shape index (κ2) is 4.61. The molecule has 3 rings (SSSR count). The quantitative estimate of drug-likeness (QED) is 0.578. The van der Waals surface area contributed by atoms with E-state index in [1.165, 1.54) is 0 Å². The van der Waals surface area contributed by atoms with Crippen LogP contribution in [0.3, 0.4) is 0 Å². The Labute approximate surface area is 122 Å². The SMILES string of the molecule is Cc1ccc(Br)c2c(Cl)nc(-c3ccsc3)nc12. The molecule has 0 aliphatic heterocycles. The van der Waals surface area contributed by atoms with E-state index < -0.39 is 0 Å². The summed E-state index contributed by atoms with van der Waals surface area (Å²) in [7, 11) is 0. The molecule has 0 saturated heterocycles. The average Bonchev–Trinajstić information content (AvgIpc) is 2.87. The zero-order valence-electron chi connectivity index (χ0n) is 9.45. The number of rotatable bonds is 1. The van der Waals surface area contributed by atoms with Gasteiger partial charge in [0.05, 0.1) is 10.9 Å². The van der Waals surface area contributed by atoms with Gasteiger partial charge in [-0.25, -0.2) is 9.97 Å². The van der Waals surface area contributed by atoms with E-state index in [1.54, 1.807) is 11.3 Å². The fourth-order valence-electron chi connectivity index (χ4n) is 1.81. The second-order valence-electron chi connectivity index (χ2n) is 3.94. The van der Waals surface area contributed by atoms with E-state index in [9.17, 15) is 0 Å². The van der Waals surface area contributed by atoms with Crippen LogP contribution in [0.5, 0.6) is 0 Å². The lowest BCUT2D eigenvalue weighted by molar-refractivity contribution is 1.22. The molecule has 2 heterocycles. The van der Waals surface area contributed by atoms with Crippen LogP contribution in [0.25, 0.3) is 22.3 Å². The number of benzene rings is 1. The highest BCUT2D eigenvalue weighted by molar-refractivity contribution is 9.10. The number of hydrogen-bond donors (Lipinski definition) is 0. The van der Waals surface area contributed by atoms with Gasteiger partial charge in [0, 0.05) is 15.4 Å². The Bertz CT molecular complexity index is 725. The Morgan fingerprint density at radius 3 is 2.78 bits per heavy atom. The summed E-state index contributed by atoms with van der Waals surface area (Å²) < 4.78 is 0.921. The van der Waals surface area contributed by atoms with E-state index in [1.807, 2.05) is 35.9 Å². The van der Waals surface area contributed by atoms with Crippen LogP contribution in [-0.2, 0) is 0 Å². The topological polar surface area (TPSA) is 25.8 Å². The Hall–Kier alpha value is -0.970. The standard InChI is InChI=1S/C13H8BrClN2S/c1-7-2-3-9(14)10-11(7)16-13(17-12(10)15)8-4-5-18-6-8/h2-6H,1H3. The van der Waals surface area contributed by atoms with Gasteiger partial charge in [-0.15, -0.1) is 0 Å². The van der Waals surface area contributed by atoms with Crippen molar-refractivity contribution in [3.05, 3.63) is 44.1 Å². The Kier molecular flexibility index (Phi) is 3.09. The van der Waals surface area contributed by atoms with Gasteiger partial charge in [-0.2, -0.15) is 11.3 Å². The van der Waals surface area contributed by atoms with E-state index in [0.717, 1.165) is 26.5 Å². The number of aromatic nitrogens is 2. The maximum Gasteiger partial charge on any atom is 0.162 e. The highest BCUT2D eigenvalue weighted by Gasteiger charge is 2.12. The molecule has 5 heteroatoms. The summed E-state index contributed by atoms with van der Waals surface area (Å²) in [5.74, 6) is 0.676. The third-order valence-corrected chi connectivity index (χ3v) is 4.35. The molecule has 0 amide bonds. The molecule has 1 aromatic carbocycles. The van der Waals surface area contributed by atoms with Crippen molar-refractivity contribution in [3.63, 3.8) is 0 Å². The maximum atomic E-state index is 6.28. The fraction of sp³-hybridized carbons (Fsp3) is 0.0769. The van der Waals surface area contributed by atoms with Gasteiger partial charge in [-0.3, -0.25) is 0 Å². The smallest absolute Gasteiger partial charge is 0.162 e. The van der Waals surface area contributed by atoms with Crippen LogP contribution in [-0.4, -0.2) is 9.97 Å². The monoisotopic (exact) mass is 338 g/mol. The normalized spacial score (nSPS) is 11.1. The minimum absolute atomic E-state index is 0.483. The van der Waals surface area contributed by atoms with E-state index in [4.69, 9.17) is 11.6 Å². The fourth-order valence-corrected chi connectivity index (χ4v) is 3.34. The molecule has 0 fully saturated rings. The van der Waals surface area contributed by atoms with Gasteiger partial charge in [-0.1, -0.05) is 17.7 Å². The summed E-state index contributed by atoms with van der Waals surface area (Å²) in [6.07, 6.45) is 0. The lowest BCUT2D eigenvalue weighted by Gasteiger charge is -2.07. The molecule has 18 heavy (non-hydrogen) atoms. The van der Waals surface area contributed by atoms with Gasteiger partial charge in [-0.05, 0) is 45.9 Å². The van der Waals surface area contributed by atoms with Gasteiger partial charge in [0.2, 0.25) is 0 Å². The summed E-state index contributed by atoms with van der Waals surface area (Å²) in [4.78, 5) is 9.00. The first-order valence-electron chi connectivity index (χ1n) is 5.32. The minimum atomic E-state index is 0.483. The molecule has 0 aliphatic rings. The number of nitrogens with zero attached hydrogens (tertiary/aromatic N) is 2. The minimum Gasteiger partial charge on any atom is -0.228 e. The van der Waals surface area contributed by atoms with Crippen molar-refractivity contribution in [2.75, 3.05) is 0 Å². The molecule has 0 spiro atoms. The molecule has 2 aromatic heterocycles. The largest absolute Gasteiger partial charge is 0.228 e. The highest BCUT2D eigenvalue weighted by Crippen LogP contribution is 2.32. The molecule has 2 nitrogen and oxygen atoms in total. The van der Waals surface area contributed by atoms with Crippen molar-refractivity contribution in [1.82, 2.24) is 9.97 Å². The van der Waals surface area contributed by atoms with Crippen molar-refractivity contribution in [2.24, 2.45) is 0 Å². The van der Waals surface area contributed by atoms with Gasteiger partial charge in [0.25, 0.3) is 0 Å². The Morgan fingerprint density at radius 1 is 1.22 bits per heavy atom. The van der Waals surface area contributed by atoms with Crippen molar-refractivity contribution in [3.8, 4) is 11.4 Å². The molecular weight excluding hydrogens is 332 g/mol. The third kappa shape index (κ3) is 1.94. The van der Waals surface area contributed by atoms with E-state index in [-0.39, 0.29) is 0 Å². The molecule has 0 radical (unpaired) electrons. The number of fused-ring (bicyclic) bond motifs is 1. The van der Waals surface area contributed by atoms with Crippen LogP contribution >= 0.6 is 38.9 Å². The predicted octanol–water partition coefficient (Wildman–Crippen LogP) is 5.08. The van der Waals surface area contributed by atoms with Crippen LogP contribution in [0.1, 0.15) is 5.56 Å². The molecule has 0 bridgehead atoms. The van der Waals surface area contributed by atoms with Gasteiger partial charge >= 0.3 is 0 Å². The van der Waals surface area contributed by atoms with Gasteiger partial charge in [0.15, 0.2) is 5.82 Å². The average molecular weight is 340 g/mol. The van der Waals surface area contributed by atoms with Crippen LogP contribution in [0.15, 0.2) is 33.4 Å². The van der Waals surface area contributed by atoms with Crippen LogP contribution in [0, 0.1) is 6.92 Å². The molecule has 0 atom stereocenters. The summed E-state index contributed by atoms with van der Waals surface area (Å²) in [6, 6.07) is 5.99. The zero-order chi connectivity index (χ0) is 12.7. The van der Waals surface area contributed by atoms with Crippen molar-refractivity contribution in [2.45, 2.75) is 6.92 Å². The molecule has 3 aromatic rings. The zero-order valence-corrected chi connectivity index (χ0v) is 12.6. The number of thiophene rings is 1. The lowest BCUT2D eigenvalue weighted by Crippen LogP contribution is -1.93. The molecule has 0 saturated carbocycles. The Morgan fingerprint density at radius 2 is 2.06 bits per heavy atom. The van der Waals surface area contributed by atoms with Crippen molar-refractivity contribution < 1.29 is 0 Å². The molecule has 0 N–H and O–H groups in total. The van der Waals surface area contributed by atoms with E-state index >= 15 is 0 Å². The Balaban J connectivity index is 2.37. The molecule has 0 unspecified atom stereocenters. The number of hydrogen-bond acceptors (Lipinski definition) is 3. The van der Waals surface area contributed by atoms with E-state index in [2.05, 4.69) is 25.9 Å². The summed E-state index contributed by atoms with van der Waals surface area (Å²) in [5.41, 5.74) is 2.99. The lowest BCUT2D eigenvalue weighted by atomic mass is 10.1. The summed E-state index contributed by atoms with van der Waals surface area (Å²) in [5, 5.41) is 5.38. The van der Waals surface area contributed by atoms with Crippen molar-refractivity contribution in [1.29, 1.82) is 0 Å². The molecular formula is C13H8BrClN2S. The highest BCUT2D eigenvalue weighted by atomic mass is 79.9. The van der Waals surface area contributed by atoms with E-state index in [0.29, 0.717) is 11.0 Å². The van der Waals surface area contributed by atoms with Crippen LogP contribution in [0.2, 0.25) is 5.15 Å². The maximum absolute atomic E-state index is 6.28. The first-order valence-corrected chi connectivity index (χ1v) is 7.43. The summed E-state index contributed by atoms with van der Waals surface area (Å²) in [6.45, 7) is 2.02. The van der Waals surface area contributed by atoms with Gasteiger partial charge in [0.1, 0.15) is 5.15 Å². The van der Waals surface area contributed by atoms with Crippen molar-refractivity contribution >= 4 is 49.8 Å². The number of halogens is 2. The third-order valence-electron chi connectivity index (χ3n) is 2.74. The number of aryl methyl sites for hydroxylation is 1. The molecule has 90 valence electrons.